The molecule has 0 radical (unpaired) electrons. The molecule has 1 N–H and O–H groups in total. The van der Waals surface area contributed by atoms with Crippen LogP contribution in [-0.4, -0.2) is 4.92 Å². The van der Waals surface area contributed by atoms with E-state index in [2.05, 4.69) is 5.32 Å². The van der Waals surface area contributed by atoms with Crippen LogP contribution in [0.3, 0.4) is 0 Å². The number of non-ortho nitro benzene ring substituents is 1. The second-order valence-corrected chi connectivity index (χ2v) is 5.68. The van der Waals surface area contributed by atoms with Crippen LogP contribution in [0.4, 0.5) is 15.8 Å². The molecule has 0 bridgehead atoms. The van der Waals surface area contributed by atoms with Crippen LogP contribution in [0, 0.1) is 15.9 Å². The van der Waals surface area contributed by atoms with Gasteiger partial charge in [-0.2, -0.15) is 0 Å². The van der Waals surface area contributed by atoms with E-state index >= 15 is 0 Å². The third-order valence-electron chi connectivity index (χ3n) is 2.55. The smallest absolute Gasteiger partial charge is 0.271 e. The zero-order valence-corrected chi connectivity index (χ0v) is 11.5. The summed E-state index contributed by atoms with van der Waals surface area (Å²) in [6.07, 6.45) is 0. The third-order valence-corrected chi connectivity index (χ3v) is 3.97. The minimum Gasteiger partial charge on any atom is -0.375 e. The Kier molecular flexibility index (Phi) is 4.01. The highest BCUT2D eigenvalue weighted by atomic mass is 35.5. The van der Waals surface area contributed by atoms with E-state index in [1.165, 1.54) is 17.4 Å². The second-order valence-electron chi connectivity index (χ2n) is 3.93. The van der Waals surface area contributed by atoms with Gasteiger partial charge in [-0.1, -0.05) is 11.6 Å². The van der Waals surface area contributed by atoms with Gasteiger partial charge in [-0.15, -0.1) is 11.3 Å². The van der Waals surface area contributed by atoms with Gasteiger partial charge in [0.15, 0.2) is 0 Å². The monoisotopic (exact) mass is 300 g/mol. The molecule has 2 aromatic rings. The molecular weight excluding hydrogens is 291 g/mol. The topological polar surface area (TPSA) is 55.2 Å². The number of rotatable bonds is 4. The van der Waals surface area contributed by atoms with Crippen molar-refractivity contribution in [2.45, 2.75) is 13.0 Å². The molecular formula is C12H10ClFN2O2S. The van der Waals surface area contributed by atoms with Crippen molar-refractivity contribution in [1.82, 2.24) is 0 Å². The maximum atomic E-state index is 13.6. The average Bonchev–Trinajstić information content (AvgIpc) is 2.78. The number of halogens is 2. The summed E-state index contributed by atoms with van der Waals surface area (Å²) in [6, 6.07) is 6.79. The van der Waals surface area contributed by atoms with Gasteiger partial charge in [0, 0.05) is 17.0 Å². The molecule has 0 aliphatic carbocycles. The Balaban J connectivity index is 2.22. The molecule has 19 heavy (non-hydrogen) atoms. The van der Waals surface area contributed by atoms with Gasteiger partial charge in [0.05, 0.1) is 21.0 Å². The summed E-state index contributed by atoms with van der Waals surface area (Å²) in [6.45, 7) is 1.83. The Bertz CT molecular complexity index is 618. The van der Waals surface area contributed by atoms with Crippen molar-refractivity contribution in [1.29, 1.82) is 0 Å². The van der Waals surface area contributed by atoms with E-state index < -0.39 is 10.7 Å². The zero-order chi connectivity index (χ0) is 14.0. The highest BCUT2D eigenvalue weighted by Crippen LogP contribution is 2.30. The van der Waals surface area contributed by atoms with E-state index in [0.717, 1.165) is 17.0 Å². The van der Waals surface area contributed by atoms with Crippen molar-refractivity contribution < 1.29 is 9.31 Å². The van der Waals surface area contributed by atoms with Crippen LogP contribution in [0.1, 0.15) is 17.8 Å². The second kappa shape index (κ2) is 5.54. The maximum Gasteiger partial charge on any atom is 0.271 e. The summed E-state index contributed by atoms with van der Waals surface area (Å²) in [5, 5.41) is 13.6. The summed E-state index contributed by atoms with van der Waals surface area (Å²) in [7, 11) is 0. The lowest BCUT2D eigenvalue weighted by atomic mass is 10.2. The quantitative estimate of drug-likeness (QED) is 0.662. The van der Waals surface area contributed by atoms with Gasteiger partial charge in [-0.25, -0.2) is 4.39 Å². The standard InChI is InChI=1S/C12H10ClFN2O2S/c1-7(11-4-5-12(13)19-11)15-10-6-8(16(17)18)2-3-9(10)14/h2-7,15H,1H3. The van der Waals surface area contributed by atoms with Crippen molar-refractivity contribution >= 4 is 34.3 Å². The Morgan fingerprint density at radius 1 is 1.42 bits per heavy atom. The first-order valence-electron chi connectivity index (χ1n) is 5.43. The van der Waals surface area contributed by atoms with Crippen molar-refractivity contribution in [3.05, 3.63) is 55.5 Å². The maximum absolute atomic E-state index is 13.6. The fourth-order valence-electron chi connectivity index (χ4n) is 1.60. The summed E-state index contributed by atoms with van der Waals surface area (Å²) in [5.74, 6) is -0.528. The predicted octanol–water partition coefficient (Wildman–Crippen LogP) is 4.62. The lowest BCUT2D eigenvalue weighted by Crippen LogP contribution is -2.06. The molecule has 1 unspecified atom stereocenters. The first-order valence-corrected chi connectivity index (χ1v) is 6.62. The van der Waals surface area contributed by atoms with Crippen LogP contribution >= 0.6 is 22.9 Å². The van der Waals surface area contributed by atoms with Crippen LogP contribution in [0.25, 0.3) is 0 Å². The molecule has 0 amide bonds. The summed E-state index contributed by atoms with van der Waals surface area (Å²) in [4.78, 5) is 11.0. The fraction of sp³-hybridized carbons (Fsp3) is 0.167. The van der Waals surface area contributed by atoms with Crippen molar-refractivity contribution in [3.8, 4) is 0 Å². The number of nitrogens with zero attached hydrogens (tertiary/aromatic N) is 1. The normalized spacial score (nSPS) is 12.2. The largest absolute Gasteiger partial charge is 0.375 e. The lowest BCUT2D eigenvalue weighted by Gasteiger charge is -2.14. The molecule has 0 spiro atoms. The molecule has 1 heterocycles. The highest BCUT2D eigenvalue weighted by Gasteiger charge is 2.14. The molecule has 1 aromatic heterocycles. The van der Waals surface area contributed by atoms with Crippen molar-refractivity contribution in [2.75, 3.05) is 5.32 Å². The summed E-state index contributed by atoms with van der Waals surface area (Å²) in [5.41, 5.74) is -0.0495. The number of benzene rings is 1. The van der Waals surface area contributed by atoms with Crippen LogP contribution < -0.4 is 5.32 Å². The Morgan fingerprint density at radius 2 is 2.16 bits per heavy atom. The van der Waals surface area contributed by atoms with Crippen LogP contribution in [0.15, 0.2) is 30.3 Å². The first kappa shape index (κ1) is 13.8. The molecule has 7 heteroatoms. The van der Waals surface area contributed by atoms with Crippen LogP contribution in [-0.2, 0) is 0 Å². The molecule has 0 saturated carbocycles. The molecule has 1 atom stereocenters. The SMILES string of the molecule is CC(Nc1cc([N+](=O)[O-])ccc1F)c1ccc(Cl)s1. The van der Waals surface area contributed by atoms with E-state index in [1.54, 1.807) is 6.07 Å². The van der Waals surface area contributed by atoms with Crippen LogP contribution in [0.5, 0.6) is 0 Å². The number of hydrogen-bond donors (Lipinski definition) is 1. The number of nitrogens with one attached hydrogen (secondary N) is 1. The van der Waals surface area contributed by atoms with Gasteiger partial charge < -0.3 is 5.32 Å². The number of nitro groups is 1. The van der Waals surface area contributed by atoms with Gasteiger partial charge in [0.25, 0.3) is 5.69 Å². The summed E-state index contributed by atoms with van der Waals surface area (Å²) >= 11 is 7.21. The average molecular weight is 301 g/mol. The van der Waals surface area contributed by atoms with Crippen molar-refractivity contribution in [3.63, 3.8) is 0 Å². The van der Waals surface area contributed by atoms with Gasteiger partial charge in [-0.05, 0) is 25.1 Å². The lowest BCUT2D eigenvalue weighted by molar-refractivity contribution is -0.384. The molecule has 0 fully saturated rings. The minimum absolute atomic E-state index is 0.103. The van der Waals surface area contributed by atoms with Gasteiger partial charge in [0.1, 0.15) is 5.82 Å². The van der Waals surface area contributed by atoms with Crippen LogP contribution in [0.2, 0.25) is 4.34 Å². The first-order chi connectivity index (χ1) is 8.97. The fourth-order valence-corrected chi connectivity index (χ4v) is 2.67. The van der Waals surface area contributed by atoms with E-state index in [0.29, 0.717) is 4.34 Å². The van der Waals surface area contributed by atoms with Crippen molar-refractivity contribution in [2.24, 2.45) is 0 Å². The molecule has 1 aromatic carbocycles. The number of anilines is 1. The van der Waals surface area contributed by atoms with E-state index in [4.69, 9.17) is 11.6 Å². The number of nitro benzene ring substituents is 1. The molecule has 4 nitrogen and oxygen atoms in total. The Labute approximate surface area is 118 Å². The van der Waals surface area contributed by atoms with Gasteiger partial charge in [0.2, 0.25) is 0 Å². The minimum atomic E-state index is -0.558. The molecule has 0 aliphatic heterocycles. The number of hydrogen-bond acceptors (Lipinski definition) is 4. The van der Waals surface area contributed by atoms with Gasteiger partial charge in [-0.3, -0.25) is 10.1 Å². The van der Waals surface area contributed by atoms with E-state index in [1.807, 2.05) is 13.0 Å². The van der Waals surface area contributed by atoms with E-state index in [-0.39, 0.29) is 17.4 Å². The molecule has 0 aliphatic rings. The Hall–Kier alpha value is -1.66. The molecule has 0 saturated heterocycles. The summed E-state index contributed by atoms with van der Waals surface area (Å²) < 4.78 is 14.2. The molecule has 2 rings (SSSR count). The predicted molar refractivity (Wildman–Crippen MR) is 74.4 cm³/mol. The number of thiophene rings is 1. The zero-order valence-electron chi connectivity index (χ0n) is 9.89. The highest BCUT2D eigenvalue weighted by molar-refractivity contribution is 7.16. The van der Waals surface area contributed by atoms with E-state index in [9.17, 15) is 14.5 Å². The third kappa shape index (κ3) is 3.21. The Morgan fingerprint density at radius 3 is 2.74 bits per heavy atom. The molecule has 100 valence electrons. The van der Waals surface area contributed by atoms with Gasteiger partial charge >= 0.3 is 0 Å².